The Bertz CT molecular complexity index is 1160. The number of hydrogen-bond acceptors (Lipinski definition) is 6. The molecule has 3 aromatic rings. The second-order valence-corrected chi connectivity index (χ2v) is 8.18. The lowest BCUT2D eigenvalue weighted by Gasteiger charge is -2.38. The number of nitrogens with zero attached hydrogens (tertiary/aromatic N) is 2. The number of ether oxygens (including phenoxy) is 4. The Labute approximate surface area is 200 Å². The number of rotatable bonds is 8. The zero-order chi connectivity index (χ0) is 23.5. The summed E-state index contributed by atoms with van der Waals surface area (Å²) in [6.07, 6.45) is 0.419. The summed E-state index contributed by atoms with van der Waals surface area (Å²) in [7, 11) is 0. The summed E-state index contributed by atoms with van der Waals surface area (Å²) >= 11 is 0. The van der Waals surface area contributed by atoms with Crippen LogP contribution in [0.3, 0.4) is 0 Å². The van der Waals surface area contributed by atoms with Crippen LogP contribution < -0.4 is 18.9 Å². The van der Waals surface area contributed by atoms with Gasteiger partial charge in [0.05, 0.1) is 31.6 Å². The molecule has 34 heavy (non-hydrogen) atoms. The average Bonchev–Trinajstić information content (AvgIpc) is 3.31. The first-order valence-electron chi connectivity index (χ1n) is 12.0. The maximum Gasteiger partial charge on any atom is 0.214 e. The maximum atomic E-state index is 6.58. The summed E-state index contributed by atoms with van der Waals surface area (Å²) in [6.45, 7) is 7.82. The number of hydrogen-bond donors (Lipinski definition) is 0. The van der Waals surface area contributed by atoms with Gasteiger partial charge in [0, 0.05) is 17.5 Å². The van der Waals surface area contributed by atoms with Crippen molar-refractivity contribution >= 4 is 5.71 Å². The largest absolute Gasteiger partial charge is 0.494 e. The second-order valence-electron chi connectivity index (χ2n) is 8.18. The van der Waals surface area contributed by atoms with Gasteiger partial charge >= 0.3 is 0 Å². The molecule has 0 fully saturated rings. The van der Waals surface area contributed by atoms with Gasteiger partial charge in [-0.3, -0.25) is 0 Å². The van der Waals surface area contributed by atoms with Gasteiger partial charge in [-0.25, -0.2) is 5.01 Å². The van der Waals surface area contributed by atoms with Gasteiger partial charge in [0.25, 0.3) is 0 Å². The predicted octanol–water partition coefficient (Wildman–Crippen LogP) is 6.13. The molecule has 176 valence electrons. The lowest BCUT2D eigenvalue weighted by molar-refractivity contribution is -0.0212. The molecular formula is C28H30N2O4. The average molecular weight is 459 g/mol. The van der Waals surface area contributed by atoms with Crippen LogP contribution in [0, 0.1) is 0 Å². The molecule has 0 aliphatic carbocycles. The van der Waals surface area contributed by atoms with Crippen molar-refractivity contribution in [2.75, 3.05) is 19.8 Å². The minimum Gasteiger partial charge on any atom is -0.494 e. The highest BCUT2D eigenvalue weighted by molar-refractivity contribution is 6.02. The minimum absolute atomic E-state index is 0.0577. The Morgan fingerprint density at radius 1 is 0.824 bits per heavy atom. The molecule has 2 aliphatic heterocycles. The van der Waals surface area contributed by atoms with E-state index in [0.29, 0.717) is 19.8 Å². The smallest absolute Gasteiger partial charge is 0.214 e. The Balaban J connectivity index is 1.53. The molecule has 2 atom stereocenters. The lowest BCUT2D eigenvalue weighted by Crippen LogP contribution is -2.33. The first kappa shape index (κ1) is 22.1. The monoisotopic (exact) mass is 458 g/mol. The fourth-order valence-corrected chi connectivity index (χ4v) is 4.55. The summed E-state index contributed by atoms with van der Waals surface area (Å²) in [5.74, 6) is 3.27. The van der Waals surface area contributed by atoms with E-state index >= 15 is 0 Å². The quantitative estimate of drug-likeness (QED) is 0.407. The Morgan fingerprint density at radius 2 is 1.47 bits per heavy atom. The van der Waals surface area contributed by atoms with Gasteiger partial charge < -0.3 is 18.9 Å². The van der Waals surface area contributed by atoms with E-state index in [9.17, 15) is 0 Å². The van der Waals surface area contributed by atoms with Crippen LogP contribution in [0.25, 0.3) is 0 Å². The van der Waals surface area contributed by atoms with Crippen molar-refractivity contribution in [3.05, 3.63) is 83.4 Å². The Kier molecular flexibility index (Phi) is 6.30. The zero-order valence-corrected chi connectivity index (χ0v) is 19.9. The standard InChI is InChI=1S/C28H30N2O4/c1-4-31-21-14-10-19(11-15-21)24-18-25-23-8-7-9-26(33-6-3)27(23)34-28(30(25)29-24)20-12-16-22(17-13-20)32-5-2/h7-17,25,28H,4-6,18H2,1-3H3/t25-,28+/m0/s1. The number of fused-ring (bicyclic) bond motifs is 3. The van der Waals surface area contributed by atoms with Crippen molar-refractivity contribution in [1.29, 1.82) is 0 Å². The van der Waals surface area contributed by atoms with E-state index in [4.69, 9.17) is 24.0 Å². The molecule has 0 amide bonds. The van der Waals surface area contributed by atoms with E-state index in [1.807, 2.05) is 69.3 Å². The van der Waals surface area contributed by atoms with E-state index in [-0.39, 0.29) is 12.3 Å². The second kappa shape index (κ2) is 9.67. The molecule has 0 radical (unpaired) electrons. The highest BCUT2D eigenvalue weighted by Crippen LogP contribution is 2.50. The van der Waals surface area contributed by atoms with Gasteiger partial charge in [-0.05, 0) is 80.9 Å². The minimum atomic E-state index is -0.366. The Hall–Kier alpha value is -3.67. The van der Waals surface area contributed by atoms with Crippen LogP contribution in [-0.4, -0.2) is 30.5 Å². The molecule has 5 rings (SSSR count). The SMILES string of the molecule is CCOc1ccc(C2=NN3[C@@H](c4ccc(OCC)cc4)Oc4c(OCC)cccc4[C@@H]3C2)cc1. The third kappa shape index (κ3) is 4.16. The van der Waals surface area contributed by atoms with E-state index in [1.165, 1.54) is 0 Å². The van der Waals surface area contributed by atoms with Gasteiger partial charge in [-0.15, -0.1) is 0 Å². The third-order valence-electron chi connectivity index (χ3n) is 6.05. The first-order valence-corrected chi connectivity index (χ1v) is 12.0. The molecule has 6 heteroatoms. The van der Waals surface area contributed by atoms with Crippen molar-refractivity contribution in [2.24, 2.45) is 5.10 Å². The molecule has 0 N–H and O–H groups in total. The fourth-order valence-electron chi connectivity index (χ4n) is 4.55. The predicted molar refractivity (Wildman–Crippen MR) is 132 cm³/mol. The molecule has 2 heterocycles. The molecule has 0 aromatic heterocycles. The van der Waals surface area contributed by atoms with Crippen LogP contribution in [0.5, 0.6) is 23.0 Å². The molecule has 0 saturated heterocycles. The highest BCUT2D eigenvalue weighted by Gasteiger charge is 2.42. The Morgan fingerprint density at radius 3 is 2.12 bits per heavy atom. The summed E-state index contributed by atoms with van der Waals surface area (Å²) < 4.78 is 23.7. The van der Waals surface area contributed by atoms with Crippen molar-refractivity contribution in [1.82, 2.24) is 5.01 Å². The van der Waals surface area contributed by atoms with E-state index < -0.39 is 0 Å². The van der Waals surface area contributed by atoms with Gasteiger partial charge in [0.1, 0.15) is 11.5 Å². The summed E-state index contributed by atoms with van der Waals surface area (Å²) in [4.78, 5) is 0. The normalized spacial score (nSPS) is 18.4. The summed E-state index contributed by atoms with van der Waals surface area (Å²) in [5, 5.41) is 7.14. The van der Waals surface area contributed by atoms with Crippen LogP contribution in [0.2, 0.25) is 0 Å². The van der Waals surface area contributed by atoms with Crippen molar-refractivity contribution in [3.63, 3.8) is 0 Å². The number of benzene rings is 3. The van der Waals surface area contributed by atoms with E-state index in [0.717, 1.165) is 51.8 Å². The molecular weight excluding hydrogens is 428 g/mol. The van der Waals surface area contributed by atoms with Crippen LogP contribution in [-0.2, 0) is 0 Å². The van der Waals surface area contributed by atoms with Gasteiger partial charge in [0.2, 0.25) is 6.23 Å². The molecule has 0 bridgehead atoms. The van der Waals surface area contributed by atoms with Gasteiger partial charge in [0.15, 0.2) is 11.5 Å². The van der Waals surface area contributed by atoms with Crippen molar-refractivity contribution in [2.45, 2.75) is 39.5 Å². The first-order chi connectivity index (χ1) is 16.7. The third-order valence-corrected chi connectivity index (χ3v) is 6.05. The molecule has 0 saturated carbocycles. The van der Waals surface area contributed by atoms with Gasteiger partial charge in [-0.2, -0.15) is 5.10 Å². The highest BCUT2D eigenvalue weighted by atomic mass is 16.5. The van der Waals surface area contributed by atoms with Crippen LogP contribution in [0.1, 0.15) is 56.2 Å². The lowest BCUT2D eigenvalue weighted by atomic mass is 9.95. The van der Waals surface area contributed by atoms with Crippen LogP contribution in [0.15, 0.2) is 71.8 Å². The maximum absolute atomic E-state index is 6.58. The number of para-hydroxylation sites is 1. The fraction of sp³-hybridized carbons (Fsp3) is 0.321. The molecule has 2 aliphatic rings. The van der Waals surface area contributed by atoms with Crippen LogP contribution >= 0.6 is 0 Å². The summed E-state index contributed by atoms with van der Waals surface area (Å²) in [6, 6.07) is 22.4. The topological polar surface area (TPSA) is 52.5 Å². The molecule has 0 unspecified atom stereocenters. The molecule has 6 nitrogen and oxygen atoms in total. The molecule has 0 spiro atoms. The zero-order valence-electron chi connectivity index (χ0n) is 19.9. The van der Waals surface area contributed by atoms with Crippen LogP contribution in [0.4, 0.5) is 0 Å². The van der Waals surface area contributed by atoms with Crippen molar-refractivity contribution < 1.29 is 18.9 Å². The van der Waals surface area contributed by atoms with Crippen molar-refractivity contribution in [3.8, 4) is 23.0 Å². The number of hydrazone groups is 1. The summed E-state index contributed by atoms with van der Waals surface area (Å²) in [5.41, 5.74) is 4.23. The van der Waals surface area contributed by atoms with E-state index in [2.05, 4.69) is 23.2 Å². The van der Waals surface area contributed by atoms with Gasteiger partial charge in [-0.1, -0.05) is 12.1 Å². The molecule has 3 aromatic carbocycles. The van der Waals surface area contributed by atoms with E-state index in [1.54, 1.807) is 0 Å².